The van der Waals surface area contributed by atoms with E-state index in [0.29, 0.717) is 6.04 Å². The average molecular weight is 369 g/mol. The smallest absolute Gasteiger partial charge is 0.191 e. The molecule has 6 nitrogen and oxygen atoms in total. The van der Waals surface area contributed by atoms with Crippen LogP contribution in [0, 0.1) is 13.8 Å². The van der Waals surface area contributed by atoms with Gasteiger partial charge in [-0.15, -0.1) is 0 Å². The van der Waals surface area contributed by atoms with E-state index in [0.717, 1.165) is 44.3 Å². The summed E-state index contributed by atoms with van der Waals surface area (Å²) in [6.45, 7) is 10.2. The zero-order valence-corrected chi connectivity index (χ0v) is 17.2. The molecule has 146 valence electrons. The molecule has 2 heterocycles. The Hall–Kier alpha value is -2.34. The predicted octanol–water partition coefficient (Wildman–Crippen LogP) is 2.15. The first-order valence-electron chi connectivity index (χ1n) is 9.74. The van der Waals surface area contributed by atoms with E-state index in [2.05, 4.69) is 70.7 Å². The highest BCUT2D eigenvalue weighted by molar-refractivity contribution is 5.79. The van der Waals surface area contributed by atoms with Crippen LogP contribution in [0.25, 0.3) is 0 Å². The molecule has 1 aromatic carbocycles. The molecule has 0 aliphatic carbocycles. The van der Waals surface area contributed by atoms with Crippen LogP contribution in [0.5, 0.6) is 0 Å². The number of hydrogen-bond donors (Lipinski definition) is 2. The van der Waals surface area contributed by atoms with Gasteiger partial charge in [-0.2, -0.15) is 5.10 Å². The van der Waals surface area contributed by atoms with E-state index in [-0.39, 0.29) is 0 Å². The number of aromatic nitrogens is 2. The van der Waals surface area contributed by atoms with Crippen molar-refractivity contribution in [3.8, 4) is 0 Å². The molecule has 2 N–H and O–H groups in total. The number of nitrogens with zero attached hydrogens (tertiary/aromatic N) is 4. The second-order valence-corrected chi connectivity index (χ2v) is 7.42. The van der Waals surface area contributed by atoms with Crippen LogP contribution in [0.3, 0.4) is 0 Å². The van der Waals surface area contributed by atoms with Crippen LogP contribution in [-0.4, -0.2) is 46.8 Å². The molecule has 6 heteroatoms. The van der Waals surface area contributed by atoms with Gasteiger partial charge in [0.25, 0.3) is 0 Å². The van der Waals surface area contributed by atoms with Crippen molar-refractivity contribution in [2.75, 3.05) is 20.1 Å². The standard InChI is InChI=1S/C21H32N6/c1-15(27-11-10-18-8-6-7-9-19(18)14-27)12-23-21(22-4)24-13-20-16(2)25-26(5)17(20)3/h6-9,15H,10-14H2,1-5H3,(H2,22,23,24). The molecule has 0 amide bonds. The molecule has 1 aromatic heterocycles. The van der Waals surface area contributed by atoms with Crippen molar-refractivity contribution in [3.63, 3.8) is 0 Å². The van der Waals surface area contributed by atoms with Gasteiger partial charge < -0.3 is 10.6 Å². The third-order valence-electron chi connectivity index (χ3n) is 5.66. The molecular formula is C21H32N6. The summed E-state index contributed by atoms with van der Waals surface area (Å²) < 4.78 is 1.93. The lowest BCUT2D eigenvalue weighted by atomic mass is 9.99. The molecular weight excluding hydrogens is 336 g/mol. The van der Waals surface area contributed by atoms with E-state index < -0.39 is 0 Å². The first-order valence-corrected chi connectivity index (χ1v) is 9.74. The Kier molecular flexibility index (Phi) is 6.16. The summed E-state index contributed by atoms with van der Waals surface area (Å²) in [4.78, 5) is 6.91. The van der Waals surface area contributed by atoms with Gasteiger partial charge in [0.05, 0.1) is 5.69 Å². The molecule has 1 unspecified atom stereocenters. The Morgan fingerprint density at radius 2 is 1.96 bits per heavy atom. The Balaban J connectivity index is 1.51. The van der Waals surface area contributed by atoms with Gasteiger partial charge in [-0.3, -0.25) is 14.6 Å². The number of nitrogens with one attached hydrogen (secondary N) is 2. The summed E-state index contributed by atoms with van der Waals surface area (Å²) in [6, 6.07) is 9.23. The van der Waals surface area contributed by atoms with Crippen molar-refractivity contribution in [1.82, 2.24) is 25.3 Å². The van der Waals surface area contributed by atoms with E-state index in [9.17, 15) is 0 Å². The minimum absolute atomic E-state index is 0.443. The molecule has 2 aromatic rings. The van der Waals surface area contributed by atoms with Gasteiger partial charge in [-0.05, 0) is 38.3 Å². The largest absolute Gasteiger partial charge is 0.355 e. The Labute approximate surface area is 162 Å². The van der Waals surface area contributed by atoms with Gasteiger partial charge in [-0.1, -0.05) is 24.3 Å². The maximum Gasteiger partial charge on any atom is 0.191 e. The number of aliphatic imine (C=N–C) groups is 1. The monoisotopic (exact) mass is 368 g/mol. The second kappa shape index (κ2) is 8.57. The highest BCUT2D eigenvalue weighted by Crippen LogP contribution is 2.20. The fourth-order valence-corrected chi connectivity index (χ4v) is 3.73. The highest BCUT2D eigenvalue weighted by atomic mass is 15.3. The lowest BCUT2D eigenvalue weighted by Gasteiger charge is -2.34. The number of rotatable bonds is 5. The summed E-state index contributed by atoms with van der Waals surface area (Å²) in [5.74, 6) is 0.835. The summed E-state index contributed by atoms with van der Waals surface area (Å²) in [6.07, 6.45) is 1.13. The second-order valence-electron chi connectivity index (χ2n) is 7.42. The van der Waals surface area contributed by atoms with Crippen LogP contribution in [0.15, 0.2) is 29.3 Å². The van der Waals surface area contributed by atoms with Crippen molar-refractivity contribution in [3.05, 3.63) is 52.3 Å². The summed E-state index contributed by atoms with van der Waals surface area (Å²) in [5, 5.41) is 11.4. The van der Waals surface area contributed by atoms with Crippen LogP contribution < -0.4 is 10.6 Å². The van der Waals surface area contributed by atoms with Crippen LogP contribution in [0.2, 0.25) is 0 Å². The molecule has 0 saturated carbocycles. The van der Waals surface area contributed by atoms with Crippen LogP contribution in [0.4, 0.5) is 0 Å². The molecule has 0 saturated heterocycles. The molecule has 1 aliphatic heterocycles. The van der Waals surface area contributed by atoms with E-state index in [1.165, 1.54) is 22.4 Å². The molecule has 1 aliphatic rings. The summed E-state index contributed by atoms with van der Waals surface area (Å²) in [5.41, 5.74) is 6.45. The quantitative estimate of drug-likeness (QED) is 0.627. The first kappa shape index (κ1) is 19.4. The van der Waals surface area contributed by atoms with Crippen molar-refractivity contribution in [2.24, 2.45) is 12.0 Å². The first-order chi connectivity index (χ1) is 13.0. The van der Waals surface area contributed by atoms with Crippen LogP contribution >= 0.6 is 0 Å². The van der Waals surface area contributed by atoms with Gasteiger partial charge in [0.15, 0.2) is 5.96 Å². The van der Waals surface area contributed by atoms with E-state index in [1.54, 1.807) is 0 Å². The third kappa shape index (κ3) is 4.50. The zero-order chi connectivity index (χ0) is 19.4. The van der Waals surface area contributed by atoms with Gasteiger partial charge in [0, 0.05) is 57.6 Å². The molecule has 1 atom stereocenters. The Bertz CT molecular complexity index is 807. The molecule has 0 bridgehead atoms. The number of guanidine groups is 1. The van der Waals surface area contributed by atoms with Crippen LogP contribution in [0.1, 0.15) is 35.0 Å². The van der Waals surface area contributed by atoms with Crippen molar-refractivity contribution >= 4 is 5.96 Å². The summed E-state index contributed by atoms with van der Waals surface area (Å²) in [7, 11) is 3.80. The van der Waals surface area contributed by atoms with Crippen LogP contribution in [-0.2, 0) is 26.6 Å². The van der Waals surface area contributed by atoms with Gasteiger partial charge in [-0.25, -0.2) is 0 Å². The summed E-state index contributed by atoms with van der Waals surface area (Å²) >= 11 is 0. The van der Waals surface area contributed by atoms with E-state index in [4.69, 9.17) is 0 Å². The Morgan fingerprint density at radius 1 is 1.22 bits per heavy atom. The van der Waals surface area contributed by atoms with E-state index in [1.807, 2.05) is 18.8 Å². The fourth-order valence-electron chi connectivity index (χ4n) is 3.73. The number of hydrogen-bond acceptors (Lipinski definition) is 3. The van der Waals surface area contributed by atoms with Gasteiger partial charge in [0.1, 0.15) is 0 Å². The Morgan fingerprint density at radius 3 is 2.63 bits per heavy atom. The number of fused-ring (bicyclic) bond motifs is 1. The van der Waals surface area contributed by atoms with Crippen molar-refractivity contribution in [1.29, 1.82) is 0 Å². The highest BCUT2D eigenvalue weighted by Gasteiger charge is 2.20. The fraction of sp³-hybridized carbons (Fsp3) is 0.524. The topological polar surface area (TPSA) is 57.5 Å². The lowest BCUT2D eigenvalue weighted by Crippen LogP contribution is -2.47. The average Bonchev–Trinajstić information content (AvgIpc) is 2.93. The molecule has 3 rings (SSSR count). The van der Waals surface area contributed by atoms with Gasteiger partial charge in [0.2, 0.25) is 0 Å². The number of benzene rings is 1. The molecule has 0 radical (unpaired) electrons. The number of aryl methyl sites for hydroxylation is 2. The maximum absolute atomic E-state index is 4.48. The van der Waals surface area contributed by atoms with Crippen molar-refractivity contribution in [2.45, 2.75) is 46.3 Å². The molecule has 0 spiro atoms. The molecule has 27 heavy (non-hydrogen) atoms. The third-order valence-corrected chi connectivity index (χ3v) is 5.66. The zero-order valence-electron chi connectivity index (χ0n) is 17.2. The minimum atomic E-state index is 0.443. The van der Waals surface area contributed by atoms with E-state index >= 15 is 0 Å². The SMILES string of the molecule is CN=C(NCc1c(C)nn(C)c1C)NCC(C)N1CCc2ccccc2C1. The predicted molar refractivity (Wildman–Crippen MR) is 111 cm³/mol. The lowest BCUT2D eigenvalue weighted by molar-refractivity contribution is 0.191. The normalized spacial score (nSPS) is 16.1. The molecule has 0 fully saturated rings. The van der Waals surface area contributed by atoms with Crippen molar-refractivity contribution < 1.29 is 0 Å². The minimum Gasteiger partial charge on any atom is -0.355 e. The maximum atomic E-state index is 4.48. The van der Waals surface area contributed by atoms with Gasteiger partial charge >= 0.3 is 0 Å².